The van der Waals surface area contributed by atoms with Crippen LogP contribution >= 0.6 is 0 Å². The standard InChI is InChI=1S/C15H12F2O4/c1-21-9-4-2-8(3-5-9)14(18)10-6-12(16)13(17)7-11(10)15(19)20/h2-7,14,18H,1H3,(H,19,20). The molecular formula is C15H12F2O4. The maximum atomic E-state index is 13.3. The van der Waals surface area contributed by atoms with Crippen LogP contribution in [-0.4, -0.2) is 23.3 Å². The Bertz CT molecular complexity index is 668. The van der Waals surface area contributed by atoms with Gasteiger partial charge in [-0.15, -0.1) is 0 Å². The zero-order valence-corrected chi connectivity index (χ0v) is 11.0. The number of aliphatic hydroxyl groups excluding tert-OH is 1. The molecule has 0 radical (unpaired) electrons. The highest BCUT2D eigenvalue weighted by atomic mass is 19.2. The number of aliphatic hydroxyl groups is 1. The molecule has 6 heteroatoms. The van der Waals surface area contributed by atoms with Gasteiger partial charge in [0.1, 0.15) is 11.9 Å². The Morgan fingerprint density at radius 1 is 1.14 bits per heavy atom. The molecular weight excluding hydrogens is 282 g/mol. The number of carboxylic acids is 1. The van der Waals surface area contributed by atoms with Crippen LogP contribution < -0.4 is 4.74 Å². The molecule has 0 aliphatic rings. The third kappa shape index (κ3) is 3.00. The van der Waals surface area contributed by atoms with Crippen LogP contribution in [0.3, 0.4) is 0 Å². The number of methoxy groups -OCH3 is 1. The van der Waals surface area contributed by atoms with Gasteiger partial charge in [0.25, 0.3) is 0 Å². The van der Waals surface area contributed by atoms with Crippen LogP contribution in [0.15, 0.2) is 36.4 Å². The highest BCUT2D eigenvalue weighted by Crippen LogP contribution is 2.28. The second kappa shape index (κ2) is 5.88. The summed E-state index contributed by atoms with van der Waals surface area (Å²) in [5, 5.41) is 19.2. The summed E-state index contributed by atoms with van der Waals surface area (Å²) in [5.74, 6) is -3.40. The van der Waals surface area contributed by atoms with Gasteiger partial charge in [-0.05, 0) is 29.8 Å². The topological polar surface area (TPSA) is 66.8 Å². The van der Waals surface area contributed by atoms with Crippen LogP contribution in [0, 0.1) is 11.6 Å². The lowest BCUT2D eigenvalue weighted by atomic mass is 9.96. The van der Waals surface area contributed by atoms with Crippen molar-refractivity contribution in [1.82, 2.24) is 0 Å². The molecule has 0 saturated heterocycles. The molecule has 0 heterocycles. The maximum Gasteiger partial charge on any atom is 0.336 e. The number of aromatic carboxylic acids is 1. The Hall–Kier alpha value is -2.47. The highest BCUT2D eigenvalue weighted by molar-refractivity contribution is 5.89. The summed E-state index contributed by atoms with van der Waals surface area (Å²) in [5.41, 5.74) is -0.368. The quantitative estimate of drug-likeness (QED) is 0.910. The number of hydrogen-bond acceptors (Lipinski definition) is 3. The molecule has 0 aromatic heterocycles. The molecule has 2 N–H and O–H groups in total. The lowest BCUT2D eigenvalue weighted by Gasteiger charge is -2.15. The van der Waals surface area contributed by atoms with Crippen molar-refractivity contribution in [3.8, 4) is 5.75 Å². The second-order valence-electron chi connectivity index (χ2n) is 4.33. The van der Waals surface area contributed by atoms with E-state index in [0.717, 1.165) is 0 Å². The van der Waals surface area contributed by atoms with Crippen molar-refractivity contribution in [2.45, 2.75) is 6.10 Å². The number of ether oxygens (including phenoxy) is 1. The fourth-order valence-electron chi connectivity index (χ4n) is 1.94. The smallest absolute Gasteiger partial charge is 0.336 e. The first-order chi connectivity index (χ1) is 9.93. The number of halogens is 2. The van der Waals surface area contributed by atoms with E-state index in [4.69, 9.17) is 9.84 Å². The third-order valence-corrected chi connectivity index (χ3v) is 3.05. The van der Waals surface area contributed by atoms with Crippen molar-refractivity contribution in [1.29, 1.82) is 0 Å². The molecule has 0 saturated carbocycles. The van der Waals surface area contributed by atoms with Gasteiger partial charge >= 0.3 is 5.97 Å². The summed E-state index contributed by atoms with van der Waals surface area (Å²) < 4.78 is 31.4. The summed E-state index contributed by atoms with van der Waals surface area (Å²) in [4.78, 5) is 11.1. The van der Waals surface area contributed by atoms with Crippen molar-refractivity contribution in [2.75, 3.05) is 7.11 Å². The van der Waals surface area contributed by atoms with Crippen molar-refractivity contribution in [2.24, 2.45) is 0 Å². The lowest BCUT2D eigenvalue weighted by molar-refractivity contribution is 0.0690. The van der Waals surface area contributed by atoms with Gasteiger partial charge in [0.2, 0.25) is 0 Å². The average Bonchev–Trinajstić information content (AvgIpc) is 2.48. The van der Waals surface area contributed by atoms with Crippen LogP contribution in [-0.2, 0) is 0 Å². The van der Waals surface area contributed by atoms with E-state index in [1.54, 1.807) is 12.1 Å². The fourth-order valence-corrected chi connectivity index (χ4v) is 1.94. The molecule has 0 aliphatic carbocycles. The lowest BCUT2D eigenvalue weighted by Crippen LogP contribution is -2.10. The summed E-state index contributed by atoms with van der Waals surface area (Å²) >= 11 is 0. The molecule has 0 amide bonds. The minimum absolute atomic E-state index is 0.216. The predicted molar refractivity (Wildman–Crippen MR) is 70.4 cm³/mol. The van der Waals surface area contributed by atoms with E-state index >= 15 is 0 Å². The number of carboxylic acid groups (broad SMARTS) is 1. The van der Waals surface area contributed by atoms with E-state index in [2.05, 4.69) is 0 Å². The largest absolute Gasteiger partial charge is 0.497 e. The minimum atomic E-state index is -1.45. The van der Waals surface area contributed by atoms with Gasteiger partial charge in [-0.3, -0.25) is 0 Å². The Kier molecular flexibility index (Phi) is 4.18. The first kappa shape index (κ1) is 14.9. The van der Waals surface area contributed by atoms with Gasteiger partial charge in [0.15, 0.2) is 11.6 Å². The number of benzene rings is 2. The van der Waals surface area contributed by atoms with Gasteiger partial charge < -0.3 is 14.9 Å². The van der Waals surface area contributed by atoms with Gasteiger partial charge in [-0.2, -0.15) is 0 Å². The van der Waals surface area contributed by atoms with Gasteiger partial charge in [0.05, 0.1) is 12.7 Å². The van der Waals surface area contributed by atoms with Gasteiger partial charge in [-0.1, -0.05) is 12.1 Å². The summed E-state index contributed by atoms with van der Waals surface area (Å²) in [6.07, 6.45) is -1.39. The molecule has 1 atom stereocenters. The molecule has 2 rings (SSSR count). The minimum Gasteiger partial charge on any atom is -0.497 e. The van der Waals surface area contributed by atoms with Gasteiger partial charge in [0, 0.05) is 5.56 Å². The van der Waals surface area contributed by atoms with Gasteiger partial charge in [-0.25, -0.2) is 13.6 Å². The second-order valence-corrected chi connectivity index (χ2v) is 4.33. The van der Waals surface area contributed by atoms with Crippen molar-refractivity contribution >= 4 is 5.97 Å². The molecule has 21 heavy (non-hydrogen) atoms. The zero-order chi connectivity index (χ0) is 15.6. The average molecular weight is 294 g/mol. The molecule has 2 aromatic carbocycles. The molecule has 110 valence electrons. The fraction of sp³-hybridized carbons (Fsp3) is 0.133. The molecule has 1 unspecified atom stereocenters. The first-order valence-corrected chi connectivity index (χ1v) is 5.98. The monoisotopic (exact) mass is 294 g/mol. The van der Waals surface area contributed by atoms with E-state index < -0.39 is 29.3 Å². The van der Waals surface area contributed by atoms with E-state index in [9.17, 15) is 18.7 Å². The SMILES string of the molecule is COc1ccc(C(O)c2cc(F)c(F)cc2C(=O)O)cc1. The number of carbonyl (C=O) groups is 1. The molecule has 0 aliphatic heterocycles. The third-order valence-electron chi connectivity index (χ3n) is 3.05. The predicted octanol–water partition coefficient (Wildman–Crippen LogP) is 2.75. The Labute approximate surface area is 119 Å². The van der Waals surface area contributed by atoms with Crippen molar-refractivity contribution in [3.05, 3.63) is 64.7 Å². The first-order valence-electron chi connectivity index (χ1n) is 5.98. The summed E-state index contributed by atoms with van der Waals surface area (Å²) in [6, 6.07) is 7.40. The van der Waals surface area contributed by atoms with Crippen LogP contribution in [0.4, 0.5) is 8.78 Å². The number of rotatable bonds is 4. The van der Waals surface area contributed by atoms with Crippen LogP contribution in [0.25, 0.3) is 0 Å². The molecule has 4 nitrogen and oxygen atoms in total. The summed E-state index contributed by atoms with van der Waals surface area (Å²) in [7, 11) is 1.48. The Morgan fingerprint density at radius 2 is 1.71 bits per heavy atom. The Balaban J connectivity index is 2.48. The molecule has 0 spiro atoms. The molecule has 0 fully saturated rings. The van der Waals surface area contributed by atoms with Crippen molar-refractivity contribution in [3.63, 3.8) is 0 Å². The van der Waals surface area contributed by atoms with E-state index in [-0.39, 0.29) is 5.56 Å². The molecule has 0 bridgehead atoms. The maximum absolute atomic E-state index is 13.3. The Morgan fingerprint density at radius 3 is 2.24 bits per heavy atom. The normalized spacial score (nSPS) is 12.0. The summed E-state index contributed by atoms with van der Waals surface area (Å²) in [6.45, 7) is 0. The van der Waals surface area contributed by atoms with Crippen molar-refractivity contribution < 1.29 is 28.5 Å². The van der Waals surface area contributed by atoms with Crippen LogP contribution in [0.2, 0.25) is 0 Å². The zero-order valence-electron chi connectivity index (χ0n) is 11.0. The highest BCUT2D eigenvalue weighted by Gasteiger charge is 2.22. The number of hydrogen-bond donors (Lipinski definition) is 2. The van der Waals surface area contributed by atoms with E-state index in [1.165, 1.54) is 19.2 Å². The molecule has 2 aromatic rings. The van der Waals surface area contributed by atoms with E-state index in [1.807, 2.05) is 0 Å². The van der Waals surface area contributed by atoms with E-state index in [0.29, 0.717) is 23.4 Å². The van der Waals surface area contributed by atoms with Crippen LogP contribution in [0.5, 0.6) is 5.75 Å². The van der Waals surface area contributed by atoms with Crippen LogP contribution in [0.1, 0.15) is 27.6 Å².